The second kappa shape index (κ2) is 15.0. The summed E-state index contributed by atoms with van der Waals surface area (Å²) in [7, 11) is -10.00. The van der Waals surface area contributed by atoms with Gasteiger partial charge in [0.05, 0.1) is 37.6 Å². The molecule has 1 aromatic heterocycles. The van der Waals surface area contributed by atoms with Gasteiger partial charge in [0.1, 0.15) is 25.3 Å². The number of nitrogens with one attached hydrogen (secondary N) is 1. The number of carbonyl (C=O) groups is 1. The fraction of sp³-hybridized carbons (Fsp3) is 0.143. The van der Waals surface area contributed by atoms with E-state index >= 15 is 0 Å². The van der Waals surface area contributed by atoms with Crippen LogP contribution in [0.15, 0.2) is 55.5 Å². The summed E-state index contributed by atoms with van der Waals surface area (Å²) in [5.41, 5.74) is -0.301. The van der Waals surface area contributed by atoms with Gasteiger partial charge in [0.25, 0.3) is 5.91 Å². The van der Waals surface area contributed by atoms with Crippen molar-refractivity contribution in [2.45, 2.75) is 29.7 Å². The molecule has 2 heterocycles. The second-order valence-electron chi connectivity index (χ2n) is 8.24. The van der Waals surface area contributed by atoms with E-state index in [-0.39, 0.29) is 125 Å². The van der Waals surface area contributed by atoms with Crippen LogP contribution in [0.5, 0.6) is 0 Å². The van der Waals surface area contributed by atoms with Crippen molar-refractivity contribution in [1.82, 2.24) is 9.97 Å². The maximum Gasteiger partial charge on any atom is 1.00 e. The summed E-state index contributed by atoms with van der Waals surface area (Å²) in [6.07, 6.45) is -1.53. The molecule has 14 nitrogen and oxygen atoms in total. The molecule has 0 bridgehead atoms. The number of benzene rings is 2. The van der Waals surface area contributed by atoms with Crippen LogP contribution < -0.4 is 113 Å². The summed E-state index contributed by atoms with van der Waals surface area (Å²) in [6.45, 7) is 2.81. The first-order chi connectivity index (χ1) is 19.0. The average Bonchev–Trinajstić information content (AvgIpc) is 3.13. The third-order valence-corrected chi connectivity index (χ3v) is 7.94. The Kier molecular flexibility index (Phi) is 13.5. The predicted octanol–water partition coefficient (Wildman–Crippen LogP) is -2.20. The zero-order valence-electron chi connectivity index (χ0n) is 22.3. The van der Waals surface area contributed by atoms with E-state index in [1.807, 2.05) is 0 Å². The molecule has 0 saturated carbocycles. The van der Waals surface area contributed by atoms with Crippen molar-refractivity contribution in [1.29, 1.82) is 0 Å². The SMILES string of the molecule is CC1=NN(c2ccc(S(=O)(=O)[O-])c(Cl)c2)C(=O)C1N=Nc1cc(Nc2nc(F)nc(F)c2Cl)c(S(=O)(=O)[O-])cc1C.[K+].[K+]. The van der Waals surface area contributed by atoms with Gasteiger partial charge in [0.15, 0.2) is 11.9 Å². The first kappa shape index (κ1) is 38.8. The normalized spacial score (nSPS) is 15.3. The van der Waals surface area contributed by atoms with Crippen LogP contribution in [-0.2, 0) is 25.0 Å². The first-order valence-electron chi connectivity index (χ1n) is 10.8. The Bertz CT molecular complexity index is 1900. The summed E-state index contributed by atoms with van der Waals surface area (Å²) >= 11 is 11.6. The number of hydrogen-bond donors (Lipinski definition) is 1. The van der Waals surface area contributed by atoms with Crippen LogP contribution in [0, 0.1) is 18.9 Å². The van der Waals surface area contributed by atoms with E-state index in [1.165, 1.54) is 13.8 Å². The average molecular weight is 727 g/mol. The van der Waals surface area contributed by atoms with Crippen molar-refractivity contribution in [2.24, 2.45) is 15.3 Å². The van der Waals surface area contributed by atoms with E-state index in [9.17, 15) is 39.5 Å². The molecule has 4 rings (SSSR count). The van der Waals surface area contributed by atoms with Crippen LogP contribution in [0.25, 0.3) is 0 Å². The van der Waals surface area contributed by atoms with Crippen LogP contribution in [0.3, 0.4) is 0 Å². The monoisotopic (exact) mass is 725 g/mol. The Hall–Kier alpha value is -0.407. The van der Waals surface area contributed by atoms with Gasteiger partial charge in [-0.15, -0.1) is 0 Å². The maximum atomic E-state index is 13.8. The standard InChI is InChI=1S/C21H15Cl2F2N7O7S2.2K/c1-8-5-15(41(37,38)39)13(26-19-16(23)18(24)27-21(25)28-19)7-12(8)29-30-17-9(2)31-32(20(17)33)10-3-4-14(11(22)6-10)40(34,35)36;;/h3-7,17H,1-2H3,(H,26,27,28)(H,34,35,36)(H,37,38,39);;/q;2*+1/p-2. The van der Waals surface area contributed by atoms with Gasteiger partial charge in [-0.1, -0.05) is 23.2 Å². The number of carbonyl (C=O) groups excluding carboxylic acids is 1. The fourth-order valence-electron chi connectivity index (χ4n) is 3.51. The van der Waals surface area contributed by atoms with Gasteiger partial charge in [-0.3, -0.25) is 4.79 Å². The number of azo groups is 1. The molecule has 1 aliphatic rings. The van der Waals surface area contributed by atoms with Crippen LogP contribution in [0.1, 0.15) is 12.5 Å². The van der Waals surface area contributed by atoms with Gasteiger partial charge in [-0.2, -0.15) is 39.1 Å². The number of anilines is 3. The Labute approximate surface area is 338 Å². The number of halogens is 4. The Morgan fingerprint density at radius 3 is 2.19 bits per heavy atom. The predicted molar refractivity (Wildman–Crippen MR) is 138 cm³/mol. The number of amides is 1. The van der Waals surface area contributed by atoms with E-state index in [2.05, 4.69) is 30.6 Å². The van der Waals surface area contributed by atoms with Crippen molar-refractivity contribution >= 4 is 77.9 Å². The van der Waals surface area contributed by atoms with Crippen molar-refractivity contribution < 1.29 is 142 Å². The molecular formula is C21H13Cl2F2K2N7O7S2. The molecule has 0 spiro atoms. The molecule has 3 aromatic rings. The van der Waals surface area contributed by atoms with Gasteiger partial charge in [0, 0.05) is 0 Å². The van der Waals surface area contributed by atoms with Crippen molar-refractivity contribution in [3.05, 3.63) is 58.0 Å². The minimum Gasteiger partial charge on any atom is -0.744 e. The largest absolute Gasteiger partial charge is 1.00 e. The van der Waals surface area contributed by atoms with Gasteiger partial charge in [-0.25, -0.2) is 16.8 Å². The molecule has 2 aromatic carbocycles. The topological polar surface area (TPSA) is 210 Å². The van der Waals surface area contributed by atoms with Crippen molar-refractivity contribution in [3.8, 4) is 0 Å². The zero-order valence-corrected chi connectivity index (χ0v) is 31.7. The van der Waals surface area contributed by atoms with Crippen molar-refractivity contribution in [3.63, 3.8) is 0 Å². The van der Waals surface area contributed by atoms with Crippen LogP contribution in [0.4, 0.5) is 31.7 Å². The molecule has 22 heteroatoms. The number of hydrogen-bond acceptors (Lipinski definition) is 13. The van der Waals surface area contributed by atoms with Crippen LogP contribution >= 0.6 is 23.2 Å². The molecule has 1 aliphatic heterocycles. The quantitative estimate of drug-likeness (QED) is 0.0914. The number of aryl methyl sites for hydroxylation is 1. The van der Waals surface area contributed by atoms with E-state index in [1.54, 1.807) is 0 Å². The maximum absolute atomic E-state index is 13.8. The molecule has 0 saturated heterocycles. The fourth-order valence-corrected chi connectivity index (χ4v) is 5.33. The van der Waals surface area contributed by atoms with Crippen LogP contribution in [-0.4, -0.2) is 53.6 Å². The molecule has 1 atom stereocenters. The number of aromatic nitrogens is 2. The summed E-state index contributed by atoms with van der Waals surface area (Å²) in [4.78, 5) is 17.5. The molecule has 216 valence electrons. The molecule has 1 amide bonds. The molecule has 0 radical (unpaired) electrons. The van der Waals surface area contributed by atoms with E-state index in [4.69, 9.17) is 23.2 Å². The molecule has 1 N–H and O–H groups in total. The molecule has 0 fully saturated rings. The van der Waals surface area contributed by atoms with Gasteiger partial charge < -0.3 is 14.4 Å². The Morgan fingerprint density at radius 2 is 1.60 bits per heavy atom. The number of hydrazone groups is 1. The zero-order chi connectivity index (χ0) is 30.4. The third-order valence-electron chi connectivity index (χ3n) is 5.41. The van der Waals surface area contributed by atoms with Gasteiger partial charge >= 0.3 is 109 Å². The van der Waals surface area contributed by atoms with Crippen molar-refractivity contribution in [2.75, 3.05) is 10.3 Å². The minimum absolute atomic E-state index is 0. The molecule has 43 heavy (non-hydrogen) atoms. The van der Waals surface area contributed by atoms with Gasteiger partial charge in [-0.05, 0) is 49.7 Å². The second-order valence-corrected chi connectivity index (χ2v) is 11.7. The number of nitrogens with zero attached hydrogens (tertiary/aromatic N) is 6. The first-order valence-corrected chi connectivity index (χ1v) is 14.4. The molecule has 1 unspecified atom stereocenters. The molecule has 0 aliphatic carbocycles. The Morgan fingerprint density at radius 1 is 0.977 bits per heavy atom. The Balaban J connectivity index is 0.00000323. The smallest absolute Gasteiger partial charge is 0.744 e. The van der Waals surface area contributed by atoms with Gasteiger partial charge in [0.2, 0.25) is 5.95 Å². The third kappa shape index (κ3) is 8.90. The summed E-state index contributed by atoms with van der Waals surface area (Å²) < 4.78 is 96.7. The molecular weight excluding hydrogens is 714 g/mol. The summed E-state index contributed by atoms with van der Waals surface area (Å²) in [5, 5.41) is 13.9. The summed E-state index contributed by atoms with van der Waals surface area (Å²) in [5.74, 6) is -2.88. The van der Waals surface area contributed by atoms with E-state index < -0.39 is 75.6 Å². The van der Waals surface area contributed by atoms with Crippen LogP contribution in [0.2, 0.25) is 10.0 Å². The van der Waals surface area contributed by atoms with E-state index in [0.29, 0.717) is 0 Å². The number of rotatable bonds is 7. The van der Waals surface area contributed by atoms with E-state index in [0.717, 1.165) is 35.3 Å². The summed E-state index contributed by atoms with van der Waals surface area (Å²) in [6, 6.07) is 3.72. The minimum atomic E-state index is -5.13.